The first-order valence-corrected chi connectivity index (χ1v) is 6.71. The van der Waals surface area contributed by atoms with Crippen LogP contribution >= 0.6 is 0 Å². The van der Waals surface area contributed by atoms with E-state index < -0.39 is 32.2 Å². The molecule has 0 aliphatic heterocycles. The molecule has 0 aromatic carbocycles. The molecule has 0 fully saturated rings. The van der Waals surface area contributed by atoms with Crippen LogP contribution in [0.4, 0.5) is 0 Å². The first kappa shape index (κ1) is 14.6. The second kappa shape index (κ2) is 5.46. The fourth-order valence-corrected chi connectivity index (χ4v) is 2.54. The maximum atomic E-state index is 11.9. The van der Waals surface area contributed by atoms with Crippen molar-refractivity contribution in [1.82, 2.24) is 14.7 Å². The Balaban J connectivity index is 3.08. The average molecular weight is 277 g/mol. The molecule has 4 N–H and O–H groups in total. The van der Waals surface area contributed by atoms with Gasteiger partial charge in [0.05, 0.1) is 0 Å². The minimum Gasteiger partial charge on any atom is -0.396 e. The second-order valence-corrected chi connectivity index (χ2v) is 5.69. The zero-order valence-electron chi connectivity index (χ0n) is 9.93. The van der Waals surface area contributed by atoms with Gasteiger partial charge in [-0.05, 0) is 12.8 Å². The fraction of sp³-hybridized carbons (Fsp3) is 0.556. The zero-order valence-corrected chi connectivity index (χ0v) is 10.7. The predicted molar refractivity (Wildman–Crippen MR) is 63.7 cm³/mol. The highest BCUT2D eigenvalue weighted by molar-refractivity contribution is 7.89. The summed E-state index contributed by atoms with van der Waals surface area (Å²) < 4.78 is 26.0. The van der Waals surface area contributed by atoms with Crippen molar-refractivity contribution in [3.8, 4) is 0 Å². The lowest BCUT2D eigenvalue weighted by atomic mass is 10.1. The summed E-state index contributed by atoms with van der Waals surface area (Å²) in [4.78, 5) is 25.5. The van der Waals surface area contributed by atoms with Gasteiger partial charge in [-0.15, -0.1) is 0 Å². The Morgan fingerprint density at radius 3 is 2.50 bits per heavy atom. The molecule has 0 amide bonds. The lowest BCUT2D eigenvalue weighted by molar-refractivity contribution is 0.216. The largest absolute Gasteiger partial charge is 0.396 e. The van der Waals surface area contributed by atoms with Crippen molar-refractivity contribution in [3.05, 3.63) is 27.0 Å². The molecule has 0 spiro atoms. The number of aromatic amines is 2. The zero-order chi connectivity index (χ0) is 13.9. The number of aliphatic hydroxyl groups excluding tert-OH is 1. The first-order valence-electron chi connectivity index (χ1n) is 5.23. The van der Waals surface area contributed by atoms with Crippen LogP contribution in [0.15, 0.2) is 20.7 Å². The summed E-state index contributed by atoms with van der Waals surface area (Å²) in [6.45, 7) is 3.04. The number of hydrogen-bond donors (Lipinski definition) is 4. The van der Waals surface area contributed by atoms with Crippen LogP contribution in [0.5, 0.6) is 0 Å². The van der Waals surface area contributed by atoms with Crippen molar-refractivity contribution < 1.29 is 13.5 Å². The van der Waals surface area contributed by atoms with Crippen LogP contribution in [0, 0.1) is 5.92 Å². The first-order chi connectivity index (χ1) is 8.27. The Labute approximate surface area is 103 Å². The third-order valence-electron chi connectivity index (χ3n) is 2.56. The minimum absolute atomic E-state index is 0.189. The summed E-state index contributed by atoms with van der Waals surface area (Å²) in [7, 11) is -4.04. The number of H-pyrrole nitrogens is 2. The molecule has 1 aromatic heterocycles. The Bertz CT molecular complexity index is 618. The molecule has 0 radical (unpaired) electrons. The molecule has 8 nitrogen and oxygen atoms in total. The van der Waals surface area contributed by atoms with Crippen molar-refractivity contribution in [2.24, 2.45) is 5.92 Å². The van der Waals surface area contributed by atoms with Gasteiger partial charge in [0.15, 0.2) is 4.90 Å². The van der Waals surface area contributed by atoms with Gasteiger partial charge in [-0.2, -0.15) is 0 Å². The van der Waals surface area contributed by atoms with E-state index in [0.29, 0.717) is 0 Å². The highest BCUT2D eigenvalue weighted by Gasteiger charge is 2.23. The average Bonchev–Trinajstić information content (AvgIpc) is 2.26. The molecule has 0 bridgehead atoms. The van der Waals surface area contributed by atoms with E-state index in [4.69, 9.17) is 5.11 Å². The molecular weight excluding hydrogens is 262 g/mol. The maximum Gasteiger partial charge on any atom is 0.325 e. The van der Waals surface area contributed by atoms with Crippen LogP contribution in [0.2, 0.25) is 0 Å². The Morgan fingerprint density at radius 1 is 1.39 bits per heavy atom. The molecular formula is C9H15N3O5S. The summed E-state index contributed by atoms with van der Waals surface area (Å²) in [5.74, 6) is -0.304. The topological polar surface area (TPSA) is 132 Å². The van der Waals surface area contributed by atoms with Crippen LogP contribution in [-0.4, -0.2) is 36.1 Å². The standard InChI is InChI=1S/C9H15N3O5S/c1-5(4-13)6(2)12-18(16,17)7-3-10-9(15)11-8(7)14/h3,5-6,12-13H,4H2,1-2H3,(H2,10,11,14,15). The summed E-state index contributed by atoms with van der Waals surface area (Å²) in [5.41, 5.74) is -1.77. The molecule has 2 atom stereocenters. The number of aromatic nitrogens is 2. The number of rotatable bonds is 5. The second-order valence-electron chi connectivity index (χ2n) is 4.01. The van der Waals surface area contributed by atoms with E-state index in [1.165, 1.54) is 0 Å². The molecule has 0 saturated carbocycles. The summed E-state index contributed by atoms with van der Waals surface area (Å²) >= 11 is 0. The molecule has 0 aliphatic carbocycles. The van der Waals surface area contributed by atoms with E-state index in [0.717, 1.165) is 6.20 Å². The molecule has 1 heterocycles. The van der Waals surface area contributed by atoms with Gasteiger partial charge in [0.2, 0.25) is 10.0 Å². The molecule has 0 saturated heterocycles. The molecule has 0 aliphatic rings. The SMILES string of the molecule is CC(CO)C(C)NS(=O)(=O)c1c[nH]c(=O)[nH]c1=O. The van der Waals surface area contributed by atoms with Crippen LogP contribution in [0.3, 0.4) is 0 Å². The minimum atomic E-state index is -4.04. The van der Waals surface area contributed by atoms with E-state index >= 15 is 0 Å². The smallest absolute Gasteiger partial charge is 0.325 e. The van der Waals surface area contributed by atoms with Gasteiger partial charge in [0.1, 0.15) is 0 Å². The lowest BCUT2D eigenvalue weighted by Crippen LogP contribution is -2.41. The highest BCUT2D eigenvalue weighted by atomic mass is 32.2. The lowest BCUT2D eigenvalue weighted by Gasteiger charge is -2.18. The molecule has 102 valence electrons. The highest BCUT2D eigenvalue weighted by Crippen LogP contribution is 2.06. The van der Waals surface area contributed by atoms with E-state index in [2.05, 4.69) is 9.71 Å². The van der Waals surface area contributed by atoms with Crippen molar-refractivity contribution in [1.29, 1.82) is 0 Å². The fourth-order valence-electron chi connectivity index (χ4n) is 1.18. The molecule has 1 aromatic rings. The Kier molecular flexibility index (Phi) is 4.43. The van der Waals surface area contributed by atoms with Gasteiger partial charge in [0.25, 0.3) is 5.56 Å². The number of aliphatic hydroxyl groups is 1. The van der Waals surface area contributed by atoms with Gasteiger partial charge in [-0.25, -0.2) is 17.9 Å². The number of hydrogen-bond acceptors (Lipinski definition) is 5. The van der Waals surface area contributed by atoms with Crippen LogP contribution in [-0.2, 0) is 10.0 Å². The number of nitrogens with one attached hydrogen (secondary N) is 3. The van der Waals surface area contributed by atoms with Gasteiger partial charge >= 0.3 is 5.69 Å². The molecule has 2 unspecified atom stereocenters. The van der Waals surface area contributed by atoms with Crippen molar-refractivity contribution >= 4 is 10.0 Å². The van der Waals surface area contributed by atoms with Gasteiger partial charge in [-0.1, -0.05) is 6.92 Å². The molecule has 1 rings (SSSR count). The maximum absolute atomic E-state index is 11.9. The number of sulfonamides is 1. The molecule has 18 heavy (non-hydrogen) atoms. The molecule has 9 heteroatoms. The van der Waals surface area contributed by atoms with Gasteiger partial charge < -0.3 is 10.1 Å². The van der Waals surface area contributed by atoms with E-state index in [-0.39, 0.29) is 12.5 Å². The van der Waals surface area contributed by atoms with Crippen molar-refractivity contribution in [2.45, 2.75) is 24.8 Å². The van der Waals surface area contributed by atoms with E-state index in [1.54, 1.807) is 13.8 Å². The van der Waals surface area contributed by atoms with Crippen LogP contribution in [0.25, 0.3) is 0 Å². The summed E-state index contributed by atoms with van der Waals surface area (Å²) in [6.07, 6.45) is 0.833. The Morgan fingerprint density at radius 2 is 2.00 bits per heavy atom. The van der Waals surface area contributed by atoms with E-state index in [1.807, 2.05) is 4.98 Å². The van der Waals surface area contributed by atoms with Crippen molar-refractivity contribution in [3.63, 3.8) is 0 Å². The predicted octanol–water partition coefficient (Wildman–Crippen LogP) is -1.64. The van der Waals surface area contributed by atoms with Gasteiger partial charge in [-0.3, -0.25) is 9.78 Å². The van der Waals surface area contributed by atoms with Crippen LogP contribution < -0.4 is 16.0 Å². The third kappa shape index (κ3) is 3.28. The summed E-state index contributed by atoms with van der Waals surface area (Å²) in [5, 5.41) is 8.91. The van der Waals surface area contributed by atoms with E-state index in [9.17, 15) is 18.0 Å². The third-order valence-corrected chi connectivity index (χ3v) is 4.12. The van der Waals surface area contributed by atoms with Crippen LogP contribution in [0.1, 0.15) is 13.8 Å². The normalized spacial score (nSPS) is 15.3. The van der Waals surface area contributed by atoms with Gasteiger partial charge in [0, 0.05) is 18.8 Å². The quantitative estimate of drug-likeness (QED) is 0.512. The summed E-state index contributed by atoms with van der Waals surface area (Å²) in [6, 6.07) is -0.550. The Hall–Kier alpha value is -1.45. The monoisotopic (exact) mass is 277 g/mol. The van der Waals surface area contributed by atoms with Crippen molar-refractivity contribution in [2.75, 3.05) is 6.61 Å².